The molecule has 0 aliphatic carbocycles. The number of rotatable bonds is 1. The van der Waals surface area contributed by atoms with Crippen LogP contribution in [-0.4, -0.2) is 34.2 Å². The van der Waals surface area contributed by atoms with E-state index in [0.29, 0.717) is 6.34 Å². The first-order valence-electron chi connectivity index (χ1n) is 3.65. The number of hydrogen-bond acceptors (Lipinski definition) is 3. The van der Waals surface area contributed by atoms with Crippen molar-refractivity contribution < 1.29 is 13.2 Å². The topological polar surface area (TPSA) is 18.8 Å². The van der Waals surface area contributed by atoms with Crippen molar-refractivity contribution in [2.24, 2.45) is 5.10 Å². The van der Waals surface area contributed by atoms with Crippen LogP contribution in [0.3, 0.4) is 0 Å². The standard InChI is InChI=1S/C6H9ClF3N3/c1-4(2)13-5(7)12(3-11-13)6(8,9)10/h3-5H,1-2H3. The second kappa shape index (κ2) is 3.25. The molecule has 7 heteroatoms. The van der Waals surface area contributed by atoms with Crippen molar-refractivity contribution in [1.29, 1.82) is 0 Å². The minimum absolute atomic E-state index is 0.0502. The third kappa shape index (κ3) is 1.99. The summed E-state index contributed by atoms with van der Waals surface area (Å²) in [4.78, 5) is 0.0502. The molecular weight excluding hydrogens is 207 g/mol. The Morgan fingerprint density at radius 2 is 2.00 bits per heavy atom. The number of halogens is 4. The van der Waals surface area contributed by atoms with Crippen molar-refractivity contribution in [1.82, 2.24) is 9.91 Å². The lowest BCUT2D eigenvalue weighted by Gasteiger charge is -2.28. The predicted molar refractivity (Wildman–Crippen MR) is 43.0 cm³/mol. The first kappa shape index (κ1) is 10.4. The Morgan fingerprint density at radius 1 is 1.46 bits per heavy atom. The first-order valence-corrected chi connectivity index (χ1v) is 4.09. The second-order valence-electron chi connectivity index (χ2n) is 2.89. The van der Waals surface area contributed by atoms with Gasteiger partial charge < -0.3 is 0 Å². The van der Waals surface area contributed by atoms with E-state index in [2.05, 4.69) is 5.10 Å². The monoisotopic (exact) mass is 215 g/mol. The average Bonchev–Trinajstić information content (AvgIpc) is 2.28. The maximum absolute atomic E-state index is 12.2. The molecule has 0 saturated heterocycles. The highest BCUT2D eigenvalue weighted by Gasteiger charge is 2.45. The Labute approximate surface area is 78.7 Å². The number of hydrogen-bond donors (Lipinski definition) is 0. The van der Waals surface area contributed by atoms with Gasteiger partial charge in [0.05, 0.1) is 0 Å². The molecule has 0 aromatic rings. The highest BCUT2D eigenvalue weighted by molar-refractivity contribution is 6.21. The van der Waals surface area contributed by atoms with E-state index in [4.69, 9.17) is 11.6 Å². The van der Waals surface area contributed by atoms with Crippen LogP contribution in [0.2, 0.25) is 0 Å². The molecule has 0 N–H and O–H groups in total. The smallest absolute Gasteiger partial charge is 0.256 e. The zero-order valence-electron chi connectivity index (χ0n) is 7.09. The Balaban J connectivity index is 2.72. The van der Waals surface area contributed by atoms with Gasteiger partial charge in [0.15, 0.2) is 0 Å². The minimum Gasteiger partial charge on any atom is -0.256 e. The van der Waals surface area contributed by atoms with E-state index >= 15 is 0 Å². The molecule has 1 rings (SSSR count). The van der Waals surface area contributed by atoms with Gasteiger partial charge in [-0.3, -0.25) is 5.01 Å². The Morgan fingerprint density at radius 3 is 2.23 bits per heavy atom. The van der Waals surface area contributed by atoms with Crippen LogP contribution in [0.15, 0.2) is 5.10 Å². The summed E-state index contributed by atoms with van der Waals surface area (Å²) >= 11 is 5.53. The highest BCUT2D eigenvalue weighted by atomic mass is 35.5. The fourth-order valence-corrected chi connectivity index (χ4v) is 1.36. The summed E-state index contributed by atoms with van der Waals surface area (Å²) in [6, 6.07) is -0.161. The molecule has 0 bridgehead atoms. The van der Waals surface area contributed by atoms with E-state index in [1.807, 2.05) is 0 Å². The maximum atomic E-state index is 12.2. The van der Waals surface area contributed by atoms with Gasteiger partial charge in [-0.25, -0.2) is 4.90 Å². The van der Waals surface area contributed by atoms with Gasteiger partial charge in [-0.1, -0.05) is 11.6 Å². The molecule has 76 valence electrons. The van der Waals surface area contributed by atoms with Crippen LogP contribution in [-0.2, 0) is 0 Å². The molecule has 0 fully saturated rings. The highest BCUT2D eigenvalue weighted by Crippen LogP contribution is 2.30. The Bertz CT molecular complexity index is 216. The first-order chi connectivity index (χ1) is 5.84. The van der Waals surface area contributed by atoms with E-state index in [0.717, 1.165) is 0 Å². The lowest BCUT2D eigenvalue weighted by molar-refractivity contribution is -0.226. The summed E-state index contributed by atoms with van der Waals surface area (Å²) in [5.74, 6) is 0. The maximum Gasteiger partial charge on any atom is 0.488 e. The molecule has 1 heterocycles. The molecule has 1 unspecified atom stereocenters. The van der Waals surface area contributed by atoms with E-state index in [9.17, 15) is 13.2 Å². The van der Waals surface area contributed by atoms with Crippen LogP contribution in [0.4, 0.5) is 13.2 Å². The summed E-state index contributed by atoms with van der Waals surface area (Å²) in [7, 11) is 0. The lowest BCUT2D eigenvalue weighted by Crippen LogP contribution is -2.45. The van der Waals surface area contributed by atoms with E-state index in [-0.39, 0.29) is 10.9 Å². The lowest BCUT2D eigenvalue weighted by atomic mass is 10.4. The van der Waals surface area contributed by atoms with Gasteiger partial charge in [0, 0.05) is 6.04 Å². The van der Waals surface area contributed by atoms with Crippen molar-refractivity contribution in [2.45, 2.75) is 31.8 Å². The van der Waals surface area contributed by atoms with Crippen molar-refractivity contribution >= 4 is 17.9 Å². The van der Waals surface area contributed by atoms with Crippen LogP contribution in [0.5, 0.6) is 0 Å². The zero-order chi connectivity index (χ0) is 10.2. The SMILES string of the molecule is CC(C)N1N=CN(C(F)(F)F)C1Cl. The number of alkyl halides is 4. The molecule has 0 aromatic carbocycles. The van der Waals surface area contributed by atoms with Gasteiger partial charge in [-0.15, -0.1) is 13.2 Å². The fourth-order valence-electron chi connectivity index (χ4n) is 0.918. The normalized spacial score (nSPS) is 23.5. The summed E-state index contributed by atoms with van der Waals surface area (Å²) < 4.78 is 36.5. The average molecular weight is 216 g/mol. The van der Waals surface area contributed by atoms with Crippen LogP contribution >= 0.6 is 11.6 Å². The van der Waals surface area contributed by atoms with Gasteiger partial charge in [-0.05, 0) is 13.8 Å². The van der Waals surface area contributed by atoms with Crippen molar-refractivity contribution in [3.8, 4) is 0 Å². The third-order valence-electron chi connectivity index (χ3n) is 1.58. The van der Waals surface area contributed by atoms with E-state index in [1.165, 1.54) is 5.01 Å². The van der Waals surface area contributed by atoms with Crippen LogP contribution in [0, 0.1) is 0 Å². The van der Waals surface area contributed by atoms with E-state index in [1.54, 1.807) is 13.8 Å². The summed E-state index contributed by atoms with van der Waals surface area (Å²) in [5, 5.41) is 4.72. The minimum atomic E-state index is -4.47. The molecule has 1 aliphatic heterocycles. The van der Waals surface area contributed by atoms with Gasteiger partial charge in [0.1, 0.15) is 6.34 Å². The molecule has 0 radical (unpaired) electrons. The molecule has 1 atom stereocenters. The Hall–Kier alpha value is -0.650. The second-order valence-corrected chi connectivity index (χ2v) is 3.28. The quantitative estimate of drug-likeness (QED) is 0.492. The van der Waals surface area contributed by atoms with Crippen molar-refractivity contribution in [3.05, 3.63) is 0 Å². The van der Waals surface area contributed by atoms with Gasteiger partial charge in [-0.2, -0.15) is 5.10 Å². The summed E-state index contributed by atoms with van der Waals surface area (Å²) in [5.41, 5.74) is -1.28. The number of hydrazone groups is 1. The number of nitrogens with zero attached hydrogens (tertiary/aromatic N) is 3. The third-order valence-corrected chi connectivity index (χ3v) is 1.99. The molecule has 0 spiro atoms. The summed E-state index contributed by atoms with van der Waals surface area (Å²) in [6.45, 7) is 3.43. The van der Waals surface area contributed by atoms with Gasteiger partial charge in [0.25, 0.3) is 0 Å². The molecular formula is C6H9ClF3N3. The molecule has 3 nitrogen and oxygen atoms in total. The van der Waals surface area contributed by atoms with Gasteiger partial charge in [0.2, 0.25) is 5.62 Å². The summed E-state index contributed by atoms with van der Waals surface area (Å²) in [6.07, 6.45) is -3.78. The molecule has 0 aromatic heterocycles. The van der Waals surface area contributed by atoms with Crippen LogP contribution in [0.25, 0.3) is 0 Å². The van der Waals surface area contributed by atoms with Crippen molar-refractivity contribution in [2.75, 3.05) is 0 Å². The molecule has 0 amide bonds. The molecule has 1 aliphatic rings. The van der Waals surface area contributed by atoms with Crippen molar-refractivity contribution in [3.63, 3.8) is 0 Å². The van der Waals surface area contributed by atoms with E-state index < -0.39 is 11.9 Å². The van der Waals surface area contributed by atoms with Crippen LogP contribution < -0.4 is 0 Å². The van der Waals surface area contributed by atoms with Gasteiger partial charge >= 0.3 is 6.30 Å². The van der Waals surface area contributed by atoms with Crippen LogP contribution in [0.1, 0.15) is 13.8 Å². The zero-order valence-corrected chi connectivity index (χ0v) is 7.84. The molecule has 0 saturated carbocycles. The Kier molecular flexibility index (Phi) is 2.61. The fraction of sp³-hybridized carbons (Fsp3) is 0.833. The predicted octanol–water partition coefficient (Wildman–Crippen LogP) is 2.00. The molecule has 13 heavy (non-hydrogen) atoms. The largest absolute Gasteiger partial charge is 0.488 e.